The van der Waals surface area contributed by atoms with Gasteiger partial charge in [0.2, 0.25) is 0 Å². The van der Waals surface area contributed by atoms with E-state index in [9.17, 15) is 9.59 Å². The zero-order chi connectivity index (χ0) is 25.1. The van der Waals surface area contributed by atoms with E-state index in [1.807, 2.05) is 96.8 Å². The summed E-state index contributed by atoms with van der Waals surface area (Å²) in [6.45, 7) is 3.75. The number of nitrogens with one attached hydrogen (secondary N) is 1. The Morgan fingerprint density at radius 1 is 0.972 bits per heavy atom. The quantitative estimate of drug-likeness (QED) is 0.568. The Morgan fingerprint density at radius 2 is 1.58 bits per heavy atom. The van der Waals surface area contributed by atoms with E-state index in [0.717, 1.165) is 35.2 Å². The summed E-state index contributed by atoms with van der Waals surface area (Å²) in [6.07, 6.45) is 1.59. The van der Waals surface area contributed by atoms with Crippen molar-refractivity contribution in [1.29, 1.82) is 0 Å². The largest absolute Gasteiger partial charge is 0.369 e. The maximum atomic E-state index is 14.0. The zero-order valence-corrected chi connectivity index (χ0v) is 20.4. The highest BCUT2D eigenvalue weighted by atomic mass is 16.2. The molecule has 7 nitrogen and oxygen atoms in total. The van der Waals surface area contributed by atoms with E-state index in [-0.39, 0.29) is 23.8 Å². The molecular formula is C29H31N5O2. The molecule has 5 rings (SSSR count). The van der Waals surface area contributed by atoms with Gasteiger partial charge in [-0.2, -0.15) is 0 Å². The molecule has 184 valence electrons. The van der Waals surface area contributed by atoms with Crippen LogP contribution in [-0.2, 0) is 10.3 Å². The van der Waals surface area contributed by atoms with Gasteiger partial charge in [-0.05, 0) is 54.5 Å². The van der Waals surface area contributed by atoms with Gasteiger partial charge in [-0.15, -0.1) is 0 Å². The third-order valence-corrected chi connectivity index (χ3v) is 7.11. The molecule has 1 saturated heterocycles. The van der Waals surface area contributed by atoms with E-state index in [4.69, 9.17) is 10.7 Å². The topological polar surface area (TPSA) is 91.0 Å². The maximum Gasteiger partial charge on any atom is 0.321 e. The second-order valence-corrected chi connectivity index (χ2v) is 9.56. The van der Waals surface area contributed by atoms with Gasteiger partial charge in [0.25, 0.3) is 5.91 Å². The first-order valence-electron chi connectivity index (χ1n) is 12.4. The van der Waals surface area contributed by atoms with Crippen molar-refractivity contribution in [3.05, 3.63) is 102 Å². The van der Waals surface area contributed by atoms with Crippen molar-refractivity contribution in [2.45, 2.75) is 25.3 Å². The van der Waals surface area contributed by atoms with Crippen molar-refractivity contribution in [2.75, 3.05) is 25.0 Å². The summed E-state index contributed by atoms with van der Waals surface area (Å²) in [6, 6.07) is 26.9. The van der Waals surface area contributed by atoms with Crippen molar-refractivity contribution in [2.24, 2.45) is 16.6 Å². The fourth-order valence-corrected chi connectivity index (χ4v) is 5.16. The standard InChI is InChI=1S/C29H31N5O2/c1-21-9-8-14-25(19-21)31-28(36)33-17-15-22(16-18-33)20-34-26(35)29(32-27(34)30,23-10-4-2-5-11-23)24-12-6-3-7-13-24/h2-14,19,22H,15-18,20H2,1H3,(H2,30,32)(H,31,36). The molecule has 0 atom stereocenters. The molecule has 0 aromatic heterocycles. The number of carbonyl (C=O) groups is 2. The molecule has 0 saturated carbocycles. The molecule has 3 aromatic carbocycles. The Hall–Kier alpha value is -4.13. The normalized spacial score (nSPS) is 17.7. The molecule has 3 aromatic rings. The molecule has 0 unspecified atom stereocenters. The van der Waals surface area contributed by atoms with Gasteiger partial charge in [-0.1, -0.05) is 72.8 Å². The van der Waals surface area contributed by atoms with Gasteiger partial charge in [0.05, 0.1) is 0 Å². The highest BCUT2D eigenvalue weighted by Crippen LogP contribution is 2.40. The molecule has 3 N–H and O–H groups in total. The number of urea groups is 1. The Morgan fingerprint density at radius 3 is 2.17 bits per heavy atom. The molecule has 0 spiro atoms. The van der Waals surface area contributed by atoms with Crippen LogP contribution >= 0.6 is 0 Å². The van der Waals surface area contributed by atoms with Crippen molar-refractivity contribution in [1.82, 2.24) is 9.80 Å². The van der Waals surface area contributed by atoms with Crippen LogP contribution in [0.15, 0.2) is 89.9 Å². The summed E-state index contributed by atoms with van der Waals surface area (Å²) in [5.41, 5.74) is 8.71. The number of rotatable bonds is 5. The molecule has 2 aliphatic heterocycles. The monoisotopic (exact) mass is 481 g/mol. The SMILES string of the molecule is Cc1cccc(NC(=O)N2CCC(CN3C(=O)C(c4ccccc4)(c4ccccc4)N=C3N)CC2)c1. The van der Waals surface area contributed by atoms with E-state index in [1.165, 1.54) is 0 Å². The lowest BCUT2D eigenvalue weighted by Gasteiger charge is -2.34. The van der Waals surface area contributed by atoms with Crippen molar-refractivity contribution >= 4 is 23.6 Å². The number of nitrogens with zero attached hydrogens (tertiary/aromatic N) is 3. The highest BCUT2D eigenvalue weighted by molar-refractivity contribution is 6.09. The van der Waals surface area contributed by atoms with E-state index in [1.54, 1.807) is 4.90 Å². The fraction of sp³-hybridized carbons (Fsp3) is 0.276. The van der Waals surface area contributed by atoms with E-state index < -0.39 is 5.54 Å². The summed E-state index contributed by atoms with van der Waals surface area (Å²) >= 11 is 0. The number of guanidine groups is 1. The smallest absolute Gasteiger partial charge is 0.321 e. The van der Waals surface area contributed by atoms with Gasteiger partial charge in [0, 0.05) is 25.3 Å². The van der Waals surface area contributed by atoms with Gasteiger partial charge in [0.15, 0.2) is 11.5 Å². The number of amides is 3. The van der Waals surface area contributed by atoms with Crippen LogP contribution in [0.5, 0.6) is 0 Å². The summed E-state index contributed by atoms with van der Waals surface area (Å²) in [7, 11) is 0. The number of likely N-dealkylation sites (tertiary alicyclic amines) is 1. The maximum absolute atomic E-state index is 14.0. The third-order valence-electron chi connectivity index (χ3n) is 7.11. The molecule has 0 bridgehead atoms. The van der Waals surface area contributed by atoms with Crippen LogP contribution in [0.1, 0.15) is 29.5 Å². The van der Waals surface area contributed by atoms with Crippen molar-refractivity contribution in [3.63, 3.8) is 0 Å². The van der Waals surface area contributed by atoms with Gasteiger partial charge < -0.3 is 16.0 Å². The molecule has 2 heterocycles. The predicted molar refractivity (Wildman–Crippen MR) is 141 cm³/mol. The first kappa shape index (κ1) is 23.6. The number of piperidine rings is 1. The average Bonchev–Trinajstić information content (AvgIpc) is 3.16. The van der Waals surface area contributed by atoms with Gasteiger partial charge in [-0.3, -0.25) is 9.69 Å². The van der Waals surface area contributed by atoms with Gasteiger partial charge in [0.1, 0.15) is 0 Å². The lowest BCUT2D eigenvalue weighted by Crippen LogP contribution is -2.48. The van der Waals surface area contributed by atoms with E-state index in [2.05, 4.69) is 5.32 Å². The number of hydrogen-bond donors (Lipinski definition) is 2. The van der Waals surface area contributed by atoms with Crippen LogP contribution in [0, 0.1) is 12.8 Å². The van der Waals surface area contributed by atoms with E-state index >= 15 is 0 Å². The lowest BCUT2D eigenvalue weighted by molar-refractivity contribution is -0.130. The average molecular weight is 482 g/mol. The van der Waals surface area contributed by atoms with Crippen molar-refractivity contribution in [3.8, 4) is 0 Å². The second kappa shape index (κ2) is 9.85. The summed E-state index contributed by atoms with van der Waals surface area (Å²) in [5.74, 6) is 0.345. The molecule has 7 heteroatoms. The molecule has 0 radical (unpaired) electrons. The molecular weight excluding hydrogens is 450 g/mol. The first-order chi connectivity index (χ1) is 17.5. The van der Waals surface area contributed by atoms with Crippen LogP contribution in [0.4, 0.5) is 10.5 Å². The first-order valence-corrected chi connectivity index (χ1v) is 12.4. The Balaban J connectivity index is 1.27. The minimum Gasteiger partial charge on any atom is -0.369 e. The fourth-order valence-electron chi connectivity index (χ4n) is 5.16. The summed E-state index contributed by atoms with van der Waals surface area (Å²) in [4.78, 5) is 35.0. The number of hydrogen-bond acceptors (Lipinski definition) is 4. The van der Waals surface area contributed by atoms with Crippen molar-refractivity contribution < 1.29 is 9.59 Å². The zero-order valence-electron chi connectivity index (χ0n) is 20.4. The number of carbonyl (C=O) groups excluding carboxylic acids is 2. The summed E-state index contributed by atoms with van der Waals surface area (Å²) < 4.78 is 0. The summed E-state index contributed by atoms with van der Waals surface area (Å²) in [5, 5.41) is 2.98. The number of aryl methyl sites for hydroxylation is 1. The molecule has 2 aliphatic rings. The van der Waals surface area contributed by atoms with Crippen LogP contribution in [-0.4, -0.2) is 47.3 Å². The number of benzene rings is 3. The molecule has 1 fully saturated rings. The third kappa shape index (κ3) is 4.44. The second-order valence-electron chi connectivity index (χ2n) is 9.56. The minimum absolute atomic E-state index is 0.0930. The van der Waals surface area contributed by atoms with Crippen LogP contribution in [0.25, 0.3) is 0 Å². The van der Waals surface area contributed by atoms with E-state index in [0.29, 0.717) is 19.6 Å². The predicted octanol–water partition coefficient (Wildman–Crippen LogP) is 4.34. The van der Waals surface area contributed by atoms with Crippen LogP contribution in [0.2, 0.25) is 0 Å². The Kier molecular flexibility index (Phi) is 6.46. The number of nitrogens with two attached hydrogens (primary N) is 1. The number of aliphatic imine (C=N–C) groups is 1. The molecule has 3 amide bonds. The lowest BCUT2D eigenvalue weighted by atomic mass is 9.82. The van der Waals surface area contributed by atoms with Crippen LogP contribution < -0.4 is 11.1 Å². The van der Waals surface area contributed by atoms with Crippen LogP contribution in [0.3, 0.4) is 0 Å². The Bertz CT molecular complexity index is 1230. The molecule has 0 aliphatic carbocycles. The number of anilines is 1. The van der Waals surface area contributed by atoms with Gasteiger partial charge >= 0.3 is 6.03 Å². The highest BCUT2D eigenvalue weighted by Gasteiger charge is 2.50. The molecule has 36 heavy (non-hydrogen) atoms. The minimum atomic E-state index is -1.18. The Labute approximate surface area is 211 Å². The van der Waals surface area contributed by atoms with Gasteiger partial charge in [-0.25, -0.2) is 9.79 Å².